The number of nitrogens with zero attached hydrogens (tertiary/aromatic N) is 1. The summed E-state index contributed by atoms with van der Waals surface area (Å²) < 4.78 is 0. The van der Waals surface area contributed by atoms with Gasteiger partial charge in [0.15, 0.2) is 5.78 Å². The molecule has 12 heavy (non-hydrogen) atoms. The van der Waals surface area contributed by atoms with Crippen molar-refractivity contribution in [2.45, 2.75) is 13.8 Å². The smallest absolute Gasteiger partial charge is 0.152 e. The molecule has 0 aromatic carbocycles. The van der Waals surface area contributed by atoms with Crippen LogP contribution in [-0.4, -0.2) is 10.8 Å². The molecule has 2 nitrogen and oxygen atoms in total. The Morgan fingerprint density at radius 3 is 2.67 bits per heavy atom. The zero-order chi connectivity index (χ0) is 8.97. The number of carbonyl (C=O) groups excluding carboxylic acids is 1. The van der Waals surface area contributed by atoms with Gasteiger partial charge in [-0.1, -0.05) is 6.07 Å². The van der Waals surface area contributed by atoms with E-state index in [0.29, 0.717) is 0 Å². The molecule has 0 atom stereocenters. The van der Waals surface area contributed by atoms with Crippen LogP contribution >= 0.6 is 0 Å². The third-order valence-electron chi connectivity index (χ3n) is 1.49. The standard InChI is InChI=1S/C10H11NO/c1-8(7-9(2)12)10-5-3-4-6-11-10/h3-7H,1-2H3/b8-7-. The molecule has 0 radical (unpaired) electrons. The predicted octanol–water partition coefficient (Wildman–Crippen LogP) is 2.07. The van der Waals surface area contributed by atoms with Crippen LogP contribution in [0.2, 0.25) is 0 Å². The van der Waals surface area contributed by atoms with E-state index in [1.165, 1.54) is 6.92 Å². The predicted molar refractivity (Wildman–Crippen MR) is 48.6 cm³/mol. The van der Waals surface area contributed by atoms with Crippen molar-refractivity contribution in [3.8, 4) is 0 Å². The largest absolute Gasteiger partial charge is 0.295 e. The first-order valence-electron chi connectivity index (χ1n) is 3.80. The van der Waals surface area contributed by atoms with Crippen LogP contribution in [0, 0.1) is 0 Å². The highest BCUT2D eigenvalue weighted by molar-refractivity contribution is 5.94. The van der Waals surface area contributed by atoms with Crippen LogP contribution in [0.15, 0.2) is 30.5 Å². The molecule has 1 rings (SSSR count). The lowest BCUT2D eigenvalue weighted by molar-refractivity contribution is -0.112. The van der Waals surface area contributed by atoms with E-state index in [4.69, 9.17) is 0 Å². The summed E-state index contributed by atoms with van der Waals surface area (Å²) in [5.74, 6) is 0.0538. The third-order valence-corrected chi connectivity index (χ3v) is 1.49. The summed E-state index contributed by atoms with van der Waals surface area (Å²) in [4.78, 5) is 14.8. The number of rotatable bonds is 2. The second kappa shape index (κ2) is 3.81. The van der Waals surface area contributed by atoms with Gasteiger partial charge < -0.3 is 0 Å². The summed E-state index contributed by atoms with van der Waals surface area (Å²) in [5.41, 5.74) is 1.76. The van der Waals surface area contributed by atoms with Crippen molar-refractivity contribution in [2.24, 2.45) is 0 Å². The second-order valence-corrected chi connectivity index (χ2v) is 2.65. The minimum atomic E-state index is 0.0538. The maximum absolute atomic E-state index is 10.7. The summed E-state index contributed by atoms with van der Waals surface area (Å²) in [6.45, 7) is 3.41. The van der Waals surface area contributed by atoms with Crippen LogP contribution in [0.25, 0.3) is 5.57 Å². The molecular formula is C10H11NO. The Balaban J connectivity index is 2.93. The Labute approximate surface area is 71.9 Å². The first-order chi connectivity index (χ1) is 5.70. The molecule has 2 heteroatoms. The summed E-state index contributed by atoms with van der Waals surface area (Å²) in [6, 6.07) is 5.64. The average Bonchev–Trinajstić information content (AvgIpc) is 2.05. The molecule has 1 heterocycles. The number of hydrogen-bond donors (Lipinski definition) is 0. The number of hydrogen-bond acceptors (Lipinski definition) is 2. The second-order valence-electron chi connectivity index (χ2n) is 2.65. The first-order valence-corrected chi connectivity index (χ1v) is 3.80. The molecule has 1 aromatic heterocycles. The lowest BCUT2D eigenvalue weighted by atomic mass is 10.1. The van der Waals surface area contributed by atoms with Crippen molar-refractivity contribution in [1.82, 2.24) is 4.98 Å². The van der Waals surface area contributed by atoms with Gasteiger partial charge in [-0.15, -0.1) is 0 Å². The highest BCUT2D eigenvalue weighted by Gasteiger charge is 1.95. The van der Waals surface area contributed by atoms with E-state index in [2.05, 4.69) is 4.98 Å². The summed E-state index contributed by atoms with van der Waals surface area (Å²) >= 11 is 0. The van der Waals surface area contributed by atoms with Gasteiger partial charge in [0.1, 0.15) is 0 Å². The van der Waals surface area contributed by atoms with Gasteiger partial charge in [-0.3, -0.25) is 9.78 Å². The van der Waals surface area contributed by atoms with Gasteiger partial charge in [-0.2, -0.15) is 0 Å². The van der Waals surface area contributed by atoms with Crippen LogP contribution in [0.3, 0.4) is 0 Å². The number of carbonyl (C=O) groups is 1. The van der Waals surface area contributed by atoms with Gasteiger partial charge in [-0.05, 0) is 37.6 Å². The maximum Gasteiger partial charge on any atom is 0.152 e. The molecule has 0 aliphatic carbocycles. The molecule has 0 N–H and O–H groups in total. The molecule has 0 unspecified atom stereocenters. The minimum absolute atomic E-state index is 0.0538. The van der Waals surface area contributed by atoms with Crippen molar-refractivity contribution < 1.29 is 4.79 Å². The van der Waals surface area contributed by atoms with E-state index >= 15 is 0 Å². The first kappa shape index (κ1) is 8.65. The zero-order valence-electron chi connectivity index (χ0n) is 7.24. The summed E-state index contributed by atoms with van der Waals surface area (Å²) in [7, 11) is 0. The number of aromatic nitrogens is 1. The van der Waals surface area contributed by atoms with Crippen molar-refractivity contribution in [3.05, 3.63) is 36.2 Å². The molecule has 62 valence electrons. The molecule has 0 aliphatic rings. The highest BCUT2D eigenvalue weighted by Crippen LogP contribution is 2.08. The lowest BCUT2D eigenvalue weighted by Crippen LogP contribution is -1.88. The van der Waals surface area contributed by atoms with Crippen LogP contribution in [0.4, 0.5) is 0 Å². The number of ketones is 1. The van der Waals surface area contributed by atoms with Crippen molar-refractivity contribution >= 4 is 11.4 Å². The van der Waals surface area contributed by atoms with Crippen LogP contribution in [-0.2, 0) is 4.79 Å². The van der Waals surface area contributed by atoms with Gasteiger partial charge in [0.2, 0.25) is 0 Å². The number of pyridine rings is 1. The quantitative estimate of drug-likeness (QED) is 0.621. The summed E-state index contributed by atoms with van der Waals surface area (Å²) in [5, 5.41) is 0. The maximum atomic E-state index is 10.7. The molecule has 0 fully saturated rings. The average molecular weight is 161 g/mol. The monoisotopic (exact) mass is 161 g/mol. The van der Waals surface area contributed by atoms with Crippen LogP contribution in [0.1, 0.15) is 19.5 Å². The lowest BCUT2D eigenvalue weighted by Gasteiger charge is -1.97. The Bertz CT molecular complexity index is 301. The Kier molecular flexibility index (Phi) is 2.75. The molecule has 0 saturated carbocycles. The Morgan fingerprint density at radius 1 is 1.42 bits per heavy atom. The van der Waals surface area contributed by atoms with Gasteiger partial charge >= 0.3 is 0 Å². The van der Waals surface area contributed by atoms with Gasteiger partial charge in [0, 0.05) is 6.20 Å². The molecule has 0 amide bonds. The minimum Gasteiger partial charge on any atom is -0.295 e. The van der Waals surface area contributed by atoms with Crippen molar-refractivity contribution in [1.29, 1.82) is 0 Å². The highest BCUT2D eigenvalue weighted by atomic mass is 16.1. The van der Waals surface area contributed by atoms with Crippen LogP contribution in [0.5, 0.6) is 0 Å². The summed E-state index contributed by atoms with van der Waals surface area (Å²) in [6.07, 6.45) is 3.30. The molecular weight excluding hydrogens is 150 g/mol. The van der Waals surface area contributed by atoms with Crippen LogP contribution < -0.4 is 0 Å². The van der Waals surface area contributed by atoms with Crippen molar-refractivity contribution in [2.75, 3.05) is 0 Å². The van der Waals surface area contributed by atoms with Gasteiger partial charge in [-0.25, -0.2) is 0 Å². The molecule has 0 aliphatic heterocycles. The fourth-order valence-corrected chi connectivity index (χ4v) is 0.975. The fraction of sp³-hybridized carbons (Fsp3) is 0.200. The molecule has 0 bridgehead atoms. The molecule has 0 spiro atoms. The van der Waals surface area contributed by atoms with E-state index in [-0.39, 0.29) is 5.78 Å². The fourth-order valence-electron chi connectivity index (χ4n) is 0.975. The topological polar surface area (TPSA) is 30.0 Å². The van der Waals surface area contributed by atoms with E-state index in [1.54, 1.807) is 12.3 Å². The van der Waals surface area contributed by atoms with E-state index in [1.807, 2.05) is 25.1 Å². The normalized spacial score (nSPS) is 11.3. The molecule has 0 saturated heterocycles. The Morgan fingerprint density at radius 2 is 2.17 bits per heavy atom. The SMILES string of the molecule is CC(=O)/C=C(/C)c1ccccn1. The van der Waals surface area contributed by atoms with E-state index in [9.17, 15) is 4.79 Å². The van der Waals surface area contributed by atoms with E-state index in [0.717, 1.165) is 11.3 Å². The van der Waals surface area contributed by atoms with Crippen molar-refractivity contribution in [3.63, 3.8) is 0 Å². The van der Waals surface area contributed by atoms with Gasteiger partial charge in [0.05, 0.1) is 5.69 Å². The third kappa shape index (κ3) is 2.31. The Hall–Kier alpha value is -1.44. The zero-order valence-corrected chi connectivity index (χ0v) is 7.24. The van der Waals surface area contributed by atoms with E-state index < -0.39 is 0 Å². The number of allylic oxidation sites excluding steroid dienone is 2. The van der Waals surface area contributed by atoms with Gasteiger partial charge in [0.25, 0.3) is 0 Å². The molecule has 1 aromatic rings.